The Morgan fingerprint density at radius 3 is 2.25 bits per heavy atom. The van der Waals surface area contributed by atoms with Crippen LogP contribution in [0, 0.1) is 0 Å². The van der Waals surface area contributed by atoms with Gasteiger partial charge in [-0.1, -0.05) is 13.8 Å². The van der Waals surface area contributed by atoms with Crippen LogP contribution in [0.25, 0.3) is 11.0 Å². The summed E-state index contributed by atoms with van der Waals surface area (Å²) in [4.78, 5) is 34.8. The summed E-state index contributed by atoms with van der Waals surface area (Å²) in [5, 5.41) is 2.39. The van der Waals surface area contributed by atoms with E-state index < -0.39 is 47.7 Å². The Bertz CT molecular complexity index is 995. The maximum atomic E-state index is 13.7. The number of alkyl halides is 3. The second-order valence-corrected chi connectivity index (χ2v) is 6.09. The molecule has 28 heavy (non-hydrogen) atoms. The molecule has 7 nitrogen and oxygen atoms in total. The molecule has 150 valence electrons. The van der Waals surface area contributed by atoms with Crippen molar-refractivity contribution in [3.05, 3.63) is 39.2 Å². The lowest BCUT2D eigenvalue weighted by molar-refractivity contribution is -0.197. The van der Waals surface area contributed by atoms with E-state index >= 15 is 0 Å². The molecule has 0 atom stereocenters. The molecule has 1 aliphatic heterocycles. The summed E-state index contributed by atoms with van der Waals surface area (Å²) < 4.78 is 55.9. The summed E-state index contributed by atoms with van der Waals surface area (Å²) in [6, 6.07) is 2.56. The van der Waals surface area contributed by atoms with E-state index in [1.807, 2.05) is 0 Å². The molecule has 1 fully saturated rings. The van der Waals surface area contributed by atoms with Gasteiger partial charge in [-0.15, -0.1) is 0 Å². The number of hydrogen-bond donors (Lipinski definition) is 1. The number of hydrogen-bond acceptors (Lipinski definition) is 7. The Labute approximate surface area is 156 Å². The number of carbonyl (C=O) groups is 2. The molecule has 1 N–H and O–H groups in total. The number of fused-ring (bicyclic) bond motifs is 1. The zero-order valence-corrected chi connectivity index (χ0v) is 14.9. The first-order valence-corrected chi connectivity index (χ1v) is 8.49. The van der Waals surface area contributed by atoms with Gasteiger partial charge in [-0.3, -0.25) is 9.59 Å². The zero-order chi connectivity index (χ0) is 20.6. The largest absolute Gasteiger partial charge is 0.422 e. The summed E-state index contributed by atoms with van der Waals surface area (Å²) in [5.41, 5.74) is -2.37. The van der Waals surface area contributed by atoms with Gasteiger partial charge in [0.15, 0.2) is 0 Å². The molecule has 1 aromatic heterocycles. The molecular formula is C18H16F3NO6. The molecule has 0 radical (unpaired) electrons. The number of aryl methyl sites for hydroxylation is 1. The lowest BCUT2D eigenvalue weighted by Crippen LogP contribution is -2.37. The molecule has 1 aromatic carbocycles. The van der Waals surface area contributed by atoms with Gasteiger partial charge in [-0.25, -0.2) is 4.79 Å². The lowest BCUT2D eigenvalue weighted by atomic mass is 9.96. The Hall–Kier alpha value is -3.04. The van der Waals surface area contributed by atoms with Crippen LogP contribution in [-0.2, 0) is 38.1 Å². The highest BCUT2D eigenvalue weighted by molar-refractivity contribution is 5.93. The topological polar surface area (TPSA) is 94.8 Å². The van der Waals surface area contributed by atoms with Crippen molar-refractivity contribution in [3.63, 3.8) is 0 Å². The van der Waals surface area contributed by atoms with Crippen LogP contribution in [0.3, 0.4) is 0 Å². The first-order chi connectivity index (χ1) is 13.1. The molecular weight excluding hydrogens is 383 g/mol. The van der Waals surface area contributed by atoms with Crippen LogP contribution in [0.4, 0.5) is 18.9 Å². The molecule has 0 bridgehead atoms. The number of halogens is 3. The standard InChI is InChI=1S/C18H16F3NO6/c1-3-8-5-9(22-17-27-12(23)7-13(24)28-17)6-11-14(8)15(18(19,20)21)10(4-2)16(25)26-11/h5-6,17,22H,3-4,7H2,1-2H3. The third kappa shape index (κ3) is 3.67. The predicted octanol–water partition coefficient (Wildman–Crippen LogP) is 3.12. The summed E-state index contributed by atoms with van der Waals surface area (Å²) in [6.07, 6.45) is -6.63. The van der Waals surface area contributed by atoms with Gasteiger partial charge in [-0.05, 0) is 24.5 Å². The van der Waals surface area contributed by atoms with Crippen molar-refractivity contribution in [3.8, 4) is 0 Å². The molecule has 1 aliphatic rings. The van der Waals surface area contributed by atoms with E-state index in [1.54, 1.807) is 6.92 Å². The molecule has 0 spiro atoms. The number of anilines is 1. The molecule has 10 heteroatoms. The third-order valence-electron chi connectivity index (χ3n) is 4.25. The highest BCUT2D eigenvalue weighted by atomic mass is 19.4. The van der Waals surface area contributed by atoms with Crippen LogP contribution in [0.15, 0.2) is 21.3 Å². The molecule has 0 saturated carbocycles. The van der Waals surface area contributed by atoms with E-state index in [4.69, 9.17) is 13.9 Å². The van der Waals surface area contributed by atoms with Gasteiger partial charge in [0, 0.05) is 17.1 Å². The number of esters is 2. The van der Waals surface area contributed by atoms with Crippen molar-refractivity contribution in [2.45, 2.75) is 45.7 Å². The van der Waals surface area contributed by atoms with E-state index in [1.165, 1.54) is 19.1 Å². The maximum Gasteiger partial charge on any atom is 0.417 e. The number of rotatable bonds is 4. The molecule has 0 unspecified atom stereocenters. The number of nitrogens with one attached hydrogen (secondary N) is 1. The van der Waals surface area contributed by atoms with Crippen molar-refractivity contribution >= 4 is 28.6 Å². The molecule has 1 saturated heterocycles. The van der Waals surface area contributed by atoms with Gasteiger partial charge in [0.25, 0.3) is 0 Å². The van der Waals surface area contributed by atoms with Crippen LogP contribution >= 0.6 is 0 Å². The minimum absolute atomic E-state index is 0.135. The summed E-state index contributed by atoms with van der Waals surface area (Å²) in [6.45, 7) is 3.09. The minimum atomic E-state index is -4.74. The van der Waals surface area contributed by atoms with Gasteiger partial charge in [0.1, 0.15) is 12.0 Å². The maximum absolute atomic E-state index is 13.7. The van der Waals surface area contributed by atoms with Gasteiger partial charge in [0.05, 0.1) is 11.1 Å². The molecule has 2 aromatic rings. The van der Waals surface area contributed by atoms with Crippen LogP contribution in [0.2, 0.25) is 0 Å². The second kappa shape index (κ2) is 7.17. The summed E-state index contributed by atoms with van der Waals surface area (Å²) >= 11 is 0. The van der Waals surface area contributed by atoms with E-state index in [9.17, 15) is 27.6 Å². The zero-order valence-electron chi connectivity index (χ0n) is 14.9. The number of cyclic esters (lactones) is 2. The van der Waals surface area contributed by atoms with Gasteiger partial charge >= 0.3 is 30.2 Å². The average Bonchev–Trinajstić information content (AvgIpc) is 2.57. The van der Waals surface area contributed by atoms with Gasteiger partial charge in [0.2, 0.25) is 0 Å². The first kappa shape index (κ1) is 19.7. The monoisotopic (exact) mass is 399 g/mol. The predicted molar refractivity (Wildman–Crippen MR) is 90.5 cm³/mol. The fourth-order valence-corrected chi connectivity index (χ4v) is 3.11. The lowest BCUT2D eigenvalue weighted by Gasteiger charge is -2.24. The highest BCUT2D eigenvalue weighted by Crippen LogP contribution is 2.39. The third-order valence-corrected chi connectivity index (χ3v) is 4.25. The first-order valence-electron chi connectivity index (χ1n) is 8.49. The summed E-state index contributed by atoms with van der Waals surface area (Å²) in [5.74, 6) is -1.60. The molecule has 0 aliphatic carbocycles. The van der Waals surface area contributed by atoms with Crippen molar-refractivity contribution in [1.82, 2.24) is 0 Å². The SMILES string of the molecule is CCc1c(C(F)(F)F)c2c(CC)cc(NC3OC(=O)CC(=O)O3)cc2oc1=O. The molecule has 3 rings (SSSR count). The van der Waals surface area contributed by atoms with E-state index in [0.29, 0.717) is 0 Å². The molecule has 0 amide bonds. The van der Waals surface area contributed by atoms with E-state index in [0.717, 1.165) is 0 Å². The Morgan fingerprint density at radius 1 is 1.07 bits per heavy atom. The fraction of sp³-hybridized carbons (Fsp3) is 0.389. The van der Waals surface area contributed by atoms with E-state index in [2.05, 4.69) is 5.32 Å². The quantitative estimate of drug-likeness (QED) is 0.480. The van der Waals surface area contributed by atoms with Gasteiger partial charge < -0.3 is 19.2 Å². The van der Waals surface area contributed by atoms with Crippen molar-refractivity contribution in [2.24, 2.45) is 0 Å². The summed E-state index contributed by atoms with van der Waals surface area (Å²) in [7, 11) is 0. The fourth-order valence-electron chi connectivity index (χ4n) is 3.11. The van der Waals surface area contributed by atoms with Gasteiger partial charge in [-0.2, -0.15) is 13.2 Å². The van der Waals surface area contributed by atoms with Crippen molar-refractivity contribution < 1.29 is 36.7 Å². The minimum Gasteiger partial charge on any atom is -0.422 e. The Balaban J connectivity index is 2.16. The smallest absolute Gasteiger partial charge is 0.417 e. The van der Waals surface area contributed by atoms with Crippen LogP contribution in [0.5, 0.6) is 0 Å². The van der Waals surface area contributed by atoms with Crippen molar-refractivity contribution in [1.29, 1.82) is 0 Å². The number of ether oxygens (including phenoxy) is 2. The molecule has 2 heterocycles. The average molecular weight is 399 g/mol. The highest BCUT2D eigenvalue weighted by Gasteiger charge is 2.38. The Morgan fingerprint density at radius 2 is 1.71 bits per heavy atom. The van der Waals surface area contributed by atoms with Crippen molar-refractivity contribution in [2.75, 3.05) is 5.32 Å². The van der Waals surface area contributed by atoms with Crippen LogP contribution in [-0.4, -0.2) is 18.4 Å². The number of benzene rings is 1. The Kier molecular flexibility index (Phi) is 5.05. The number of carbonyl (C=O) groups excluding carboxylic acids is 2. The normalized spacial score (nSPS) is 15.5. The second-order valence-electron chi connectivity index (χ2n) is 6.09. The van der Waals surface area contributed by atoms with E-state index in [-0.39, 0.29) is 35.1 Å². The van der Waals surface area contributed by atoms with Crippen LogP contribution in [0.1, 0.15) is 37.0 Å². The van der Waals surface area contributed by atoms with Crippen LogP contribution < -0.4 is 10.9 Å².